The number of rotatable bonds is 6. The van der Waals surface area contributed by atoms with Crippen LogP contribution in [0.15, 0.2) is 71.6 Å². The molecule has 0 bridgehead atoms. The normalized spacial score (nSPS) is 12.0. The number of halogens is 1. The van der Waals surface area contributed by atoms with E-state index in [2.05, 4.69) is 5.32 Å². The van der Waals surface area contributed by atoms with Gasteiger partial charge in [-0.3, -0.25) is 19.2 Å². The maximum absolute atomic E-state index is 13.0. The highest BCUT2D eigenvalue weighted by molar-refractivity contribution is 8.00. The summed E-state index contributed by atoms with van der Waals surface area (Å²) in [7, 11) is 0. The second kappa shape index (κ2) is 9.38. The van der Waals surface area contributed by atoms with E-state index in [-0.39, 0.29) is 39.7 Å². The number of ketones is 2. The predicted molar refractivity (Wildman–Crippen MR) is 122 cm³/mol. The van der Waals surface area contributed by atoms with Crippen LogP contribution in [-0.4, -0.2) is 35.8 Å². The number of benzene rings is 3. The molecular weight excluding hydrogens is 450 g/mol. The van der Waals surface area contributed by atoms with Crippen LogP contribution < -0.4 is 5.32 Å². The van der Waals surface area contributed by atoms with E-state index in [1.165, 1.54) is 17.8 Å². The predicted octanol–water partition coefficient (Wildman–Crippen LogP) is 4.39. The van der Waals surface area contributed by atoms with Crippen molar-refractivity contribution in [3.05, 3.63) is 94.0 Å². The molecule has 4 rings (SSSR count). The summed E-state index contributed by atoms with van der Waals surface area (Å²) in [6.07, 6.45) is 0. The summed E-state index contributed by atoms with van der Waals surface area (Å²) in [6.45, 7) is -0.512. The van der Waals surface area contributed by atoms with Crippen molar-refractivity contribution in [2.75, 3.05) is 17.7 Å². The standard InChI is InChI=1S/C24H16ClNO5S/c25-14-8-10-15(11-9-14)32-13-21(28)31-12-20(27)26-19-7-3-6-18-22(19)24(30)17-5-2-1-4-16(17)23(18)29/h1-11H,12-13H2,(H,26,27). The molecule has 1 aliphatic rings. The van der Waals surface area contributed by atoms with Crippen LogP contribution in [0.5, 0.6) is 0 Å². The molecule has 0 fully saturated rings. The molecule has 1 aliphatic carbocycles. The van der Waals surface area contributed by atoms with Gasteiger partial charge in [0, 0.05) is 26.6 Å². The Bertz CT molecular complexity index is 1240. The minimum atomic E-state index is -0.609. The van der Waals surface area contributed by atoms with Crippen molar-refractivity contribution in [3.8, 4) is 0 Å². The SMILES string of the molecule is O=C(COC(=O)CSc1ccc(Cl)cc1)Nc1cccc2c1C(=O)c1ccccc1C2=O. The van der Waals surface area contributed by atoms with Gasteiger partial charge >= 0.3 is 5.97 Å². The molecule has 0 heterocycles. The molecule has 0 radical (unpaired) electrons. The van der Waals surface area contributed by atoms with Gasteiger partial charge < -0.3 is 10.1 Å². The largest absolute Gasteiger partial charge is 0.455 e. The smallest absolute Gasteiger partial charge is 0.316 e. The molecule has 0 aliphatic heterocycles. The van der Waals surface area contributed by atoms with Gasteiger partial charge in [-0.25, -0.2) is 0 Å². The van der Waals surface area contributed by atoms with Gasteiger partial charge in [0.1, 0.15) is 0 Å². The average Bonchev–Trinajstić information content (AvgIpc) is 2.81. The third kappa shape index (κ3) is 4.59. The number of hydrogen-bond acceptors (Lipinski definition) is 6. The first kappa shape index (κ1) is 21.8. The Hall–Kier alpha value is -3.42. The third-order valence-corrected chi connectivity index (χ3v) is 6.00. The quantitative estimate of drug-likeness (QED) is 0.335. The van der Waals surface area contributed by atoms with Crippen LogP contribution in [0, 0.1) is 0 Å². The summed E-state index contributed by atoms with van der Waals surface area (Å²) < 4.78 is 5.02. The fourth-order valence-corrected chi connectivity index (χ4v) is 4.12. The molecule has 160 valence electrons. The van der Waals surface area contributed by atoms with Crippen LogP contribution in [0.4, 0.5) is 5.69 Å². The molecule has 1 N–H and O–H groups in total. The zero-order chi connectivity index (χ0) is 22.7. The number of anilines is 1. The minimum absolute atomic E-state index is 0.0272. The number of esters is 1. The number of ether oxygens (including phenoxy) is 1. The van der Waals surface area contributed by atoms with E-state index in [1.807, 2.05) is 0 Å². The monoisotopic (exact) mass is 465 g/mol. The summed E-state index contributed by atoms with van der Waals surface area (Å²) in [4.78, 5) is 50.9. The Balaban J connectivity index is 1.39. The molecule has 0 saturated heterocycles. The molecule has 3 aromatic carbocycles. The summed E-state index contributed by atoms with van der Waals surface area (Å²) in [5.74, 6) is -1.77. The highest BCUT2D eigenvalue weighted by Crippen LogP contribution is 2.31. The summed E-state index contributed by atoms with van der Waals surface area (Å²) >= 11 is 7.09. The van der Waals surface area contributed by atoms with Gasteiger partial charge in [-0.15, -0.1) is 11.8 Å². The van der Waals surface area contributed by atoms with E-state index in [0.29, 0.717) is 10.6 Å². The lowest BCUT2D eigenvalue weighted by atomic mass is 9.83. The summed E-state index contributed by atoms with van der Waals surface area (Å²) in [5, 5.41) is 3.17. The highest BCUT2D eigenvalue weighted by atomic mass is 35.5. The van der Waals surface area contributed by atoms with Crippen molar-refractivity contribution in [1.82, 2.24) is 0 Å². The van der Waals surface area contributed by atoms with Crippen molar-refractivity contribution >= 4 is 52.5 Å². The fourth-order valence-electron chi connectivity index (χ4n) is 3.30. The first-order chi connectivity index (χ1) is 15.4. The van der Waals surface area contributed by atoms with Gasteiger partial charge in [-0.05, 0) is 30.3 Å². The van der Waals surface area contributed by atoms with E-state index in [4.69, 9.17) is 16.3 Å². The lowest BCUT2D eigenvalue weighted by Crippen LogP contribution is -2.26. The number of thioether (sulfide) groups is 1. The number of carbonyl (C=O) groups excluding carboxylic acids is 4. The first-order valence-electron chi connectivity index (χ1n) is 9.59. The summed E-state index contributed by atoms with van der Waals surface area (Å²) in [5.41, 5.74) is 1.18. The van der Waals surface area contributed by atoms with Crippen LogP contribution in [-0.2, 0) is 14.3 Å². The maximum atomic E-state index is 13.0. The number of amides is 1. The number of carbonyl (C=O) groups is 4. The topological polar surface area (TPSA) is 89.5 Å². The van der Waals surface area contributed by atoms with E-state index in [0.717, 1.165) is 4.90 Å². The van der Waals surface area contributed by atoms with Crippen LogP contribution >= 0.6 is 23.4 Å². The maximum Gasteiger partial charge on any atom is 0.316 e. The molecule has 0 atom stereocenters. The van der Waals surface area contributed by atoms with E-state index in [1.54, 1.807) is 60.7 Å². The van der Waals surface area contributed by atoms with Crippen molar-refractivity contribution < 1.29 is 23.9 Å². The van der Waals surface area contributed by atoms with Gasteiger partial charge in [-0.2, -0.15) is 0 Å². The molecule has 0 unspecified atom stereocenters. The van der Waals surface area contributed by atoms with Crippen LogP contribution in [0.3, 0.4) is 0 Å². The highest BCUT2D eigenvalue weighted by Gasteiger charge is 2.31. The number of fused-ring (bicyclic) bond motifs is 2. The third-order valence-electron chi connectivity index (χ3n) is 4.76. The average molecular weight is 466 g/mol. The van der Waals surface area contributed by atoms with Crippen molar-refractivity contribution in [3.63, 3.8) is 0 Å². The Labute approximate surface area is 192 Å². The Morgan fingerprint density at radius 2 is 1.50 bits per heavy atom. The molecule has 0 spiro atoms. The molecule has 0 aromatic heterocycles. The molecule has 32 heavy (non-hydrogen) atoms. The second-order valence-corrected chi connectivity index (χ2v) is 8.37. The second-order valence-electron chi connectivity index (χ2n) is 6.88. The van der Waals surface area contributed by atoms with E-state index >= 15 is 0 Å². The van der Waals surface area contributed by atoms with Gasteiger partial charge in [0.2, 0.25) is 0 Å². The van der Waals surface area contributed by atoms with E-state index in [9.17, 15) is 19.2 Å². The van der Waals surface area contributed by atoms with Crippen molar-refractivity contribution in [2.24, 2.45) is 0 Å². The number of nitrogens with one attached hydrogen (secondary N) is 1. The molecule has 0 saturated carbocycles. The van der Waals surface area contributed by atoms with Crippen LogP contribution in [0.2, 0.25) is 5.02 Å². The molecule has 8 heteroatoms. The molecular formula is C24H16ClNO5S. The van der Waals surface area contributed by atoms with Crippen molar-refractivity contribution in [2.45, 2.75) is 4.90 Å². The number of hydrogen-bond donors (Lipinski definition) is 1. The summed E-state index contributed by atoms with van der Waals surface area (Å²) in [6, 6.07) is 18.2. The molecule has 6 nitrogen and oxygen atoms in total. The van der Waals surface area contributed by atoms with Gasteiger partial charge in [0.05, 0.1) is 17.0 Å². The van der Waals surface area contributed by atoms with Crippen LogP contribution in [0.1, 0.15) is 31.8 Å². The fraction of sp³-hybridized carbons (Fsp3) is 0.0833. The van der Waals surface area contributed by atoms with Crippen molar-refractivity contribution in [1.29, 1.82) is 0 Å². The lowest BCUT2D eigenvalue weighted by Gasteiger charge is -2.20. The Kier molecular flexibility index (Phi) is 6.39. The van der Waals surface area contributed by atoms with Crippen LogP contribution in [0.25, 0.3) is 0 Å². The minimum Gasteiger partial charge on any atom is -0.455 e. The molecule has 3 aromatic rings. The first-order valence-corrected chi connectivity index (χ1v) is 11.0. The zero-order valence-electron chi connectivity index (χ0n) is 16.6. The Morgan fingerprint density at radius 1 is 0.844 bits per heavy atom. The van der Waals surface area contributed by atoms with Gasteiger partial charge in [0.25, 0.3) is 5.91 Å². The van der Waals surface area contributed by atoms with Gasteiger partial charge in [0.15, 0.2) is 18.2 Å². The lowest BCUT2D eigenvalue weighted by molar-refractivity contribution is -0.144. The zero-order valence-corrected chi connectivity index (χ0v) is 18.2. The molecule has 1 amide bonds. The van der Waals surface area contributed by atoms with E-state index < -0.39 is 18.5 Å². The Morgan fingerprint density at radius 3 is 2.22 bits per heavy atom. The van der Waals surface area contributed by atoms with Gasteiger partial charge in [-0.1, -0.05) is 48.0 Å².